The van der Waals surface area contributed by atoms with Gasteiger partial charge in [0.1, 0.15) is 52.3 Å². The lowest BCUT2D eigenvalue weighted by atomic mass is 9.88. The maximum Gasteiger partial charge on any atom is 0.408 e. The fraction of sp³-hybridized carbons (Fsp3) is 0.615. The van der Waals surface area contributed by atoms with E-state index in [1.165, 1.54) is 36.4 Å². The van der Waals surface area contributed by atoms with E-state index in [0.29, 0.717) is 35.8 Å². The number of methoxy groups -OCH3 is 1. The summed E-state index contributed by atoms with van der Waals surface area (Å²) in [4.78, 5) is 62.0. The molecule has 56 heavy (non-hydrogen) atoms. The third-order valence-corrected chi connectivity index (χ3v) is 13.3. The van der Waals surface area contributed by atoms with Gasteiger partial charge in [-0.05, 0) is 89.3 Å². The molecule has 0 bridgehead atoms. The lowest BCUT2D eigenvalue weighted by Crippen LogP contribution is -2.59. The Morgan fingerprint density at radius 2 is 1.86 bits per heavy atom. The zero-order valence-electron chi connectivity index (χ0n) is 32.5. The van der Waals surface area contributed by atoms with Gasteiger partial charge in [0, 0.05) is 23.1 Å². The van der Waals surface area contributed by atoms with Gasteiger partial charge in [-0.15, -0.1) is 0 Å². The zero-order chi connectivity index (χ0) is 40.8. The fourth-order valence-electron chi connectivity index (χ4n) is 7.76. The third-order valence-electron chi connectivity index (χ3n) is 11.2. The number of allylic oxidation sites excluding steroid dienone is 1. The molecule has 0 radical (unpaired) electrons. The molecule has 3 N–H and O–H groups in total. The molecule has 1 aromatic carbocycles. The summed E-state index contributed by atoms with van der Waals surface area (Å²) in [5.41, 5.74) is -2.56. The Bertz CT molecular complexity index is 2020. The van der Waals surface area contributed by atoms with E-state index in [0.717, 1.165) is 0 Å². The molecule has 306 valence electrons. The number of alkyl carbamates (subject to hydrolysis) is 1. The fourth-order valence-corrected chi connectivity index (χ4v) is 9.19. The summed E-state index contributed by atoms with van der Waals surface area (Å²) in [5, 5.41) is 6.35. The van der Waals surface area contributed by atoms with Crippen LogP contribution in [0.2, 0.25) is 0 Å². The van der Waals surface area contributed by atoms with E-state index in [1.54, 1.807) is 26.8 Å². The molecular weight excluding hydrogens is 753 g/mol. The molecule has 2 aliphatic carbocycles. The summed E-state index contributed by atoms with van der Waals surface area (Å²) in [5.74, 6) is -3.32. The van der Waals surface area contributed by atoms with E-state index in [4.69, 9.17) is 14.2 Å². The summed E-state index contributed by atoms with van der Waals surface area (Å²) in [6.45, 7) is 7.67. The summed E-state index contributed by atoms with van der Waals surface area (Å²) in [6, 6.07) is 1.62. The van der Waals surface area contributed by atoms with Gasteiger partial charge in [-0.25, -0.2) is 27.0 Å². The average molecular weight is 804 g/mol. The normalized spacial score (nSPS) is 29.8. The zero-order valence-corrected chi connectivity index (χ0v) is 33.3. The maximum absolute atomic E-state index is 14.7. The van der Waals surface area contributed by atoms with Crippen LogP contribution in [-0.2, 0) is 29.1 Å². The summed E-state index contributed by atoms with van der Waals surface area (Å²) < 4.78 is 72.1. The van der Waals surface area contributed by atoms with Gasteiger partial charge in [-0.3, -0.25) is 19.1 Å². The van der Waals surface area contributed by atoms with Gasteiger partial charge < -0.3 is 29.7 Å². The molecule has 3 fully saturated rings. The quantitative estimate of drug-likeness (QED) is 0.323. The van der Waals surface area contributed by atoms with Crippen molar-refractivity contribution in [1.29, 1.82) is 0 Å². The maximum atomic E-state index is 14.7. The number of ether oxygens (including phenoxy) is 3. The Balaban J connectivity index is 1.36. The molecule has 4 aliphatic rings. The summed E-state index contributed by atoms with van der Waals surface area (Å²) in [6.07, 6.45) is 5.35. The Morgan fingerprint density at radius 3 is 2.52 bits per heavy atom. The molecule has 2 aliphatic heterocycles. The first-order valence-corrected chi connectivity index (χ1v) is 20.5. The Morgan fingerprint density at radius 1 is 1.12 bits per heavy atom. The molecule has 17 heteroatoms. The number of fused-ring (bicyclic) bond motifs is 3. The molecular formula is C39H51F2N5O9S. The van der Waals surface area contributed by atoms with Crippen molar-refractivity contribution in [3.63, 3.8) is 0 Å². The van der Waals surface area contributed by atoms with Crippen LogP contribution in [0.15, 0.2) is 36.5 Å². The van der Waals surface area contributed by atoms with Crippen LogP contribution in [0.25, 0.3) is 10.8 Å². The number of carbonyl (C=O) groups is 4. The van der Waals surface area contributed by atoms with Crippen molar-refractivity contribution < 1.29 is 50.6 Å². The van der Waals surface area contributed by atoms with Gasteiger partial charge in [0.2, 0.25) is 27.7 Å². The molecule has 3 heterocycles. The highest BCUT2D eigenvalue weighted by molar-refractivity contribution is 7.91. The largest absolute Gasteiger partial charge is 0.494 e. The second kappa shape index (κ2) is 15.4. The molecule has 2 aromatic rings. The van der Waals surface area contributed by atoms with E-state index < -0.39 is 92.2 Å². The minimum atomic E-state index is -4.41. The third kappa shape index (κ3) is 8.42. The monoisotopic (exact) mass is 803 g/mol. The predicted molar refractivity (Wildman–Crippen MR) is 201 cm³/mol. The molecule has 4 amide bonds. The van der Waals surface area contributed by atoms with Crippen LogP contribution in [0.5, 0.6) is 11.6 Å². The Labute approximate surface area is 325 Å². The van der Waals surface area contributed by atoms with E-state index in [1.807, 2.05) is 19.9 Å². The average Bonchev–Trinajstić information content (AvgIpc) is 4.02. The van der Waals surface area contributed by atoms with Gasteiger partial charge in [0.05, 0.1) is 19.9 Å². The smallest absolute Gasteiger partial charge is 0.408 e. The number of benzene rings is 1. The van der Waals surface area contributed by atoms with Gasteiger partial charge in [-0.1, -0.05) is 26.0 Å². The van der Waals surface area contributed by atoms with Crippen molar-refractivity contribution in [1.82, 2.24) is 25.2 Å². The lowest BCUT2D eigenvalue weighted by molar-refractivity contribution is -0.142. The van der Waals surface area contributed by atoms with Crippen molar-refractivity contribution in [3.05, 3.63) is 42.4 Å². The molecule has 0 spiro atoms. The first kappa shape index (κ1) is 41.1. The summed E-state index contributed by atoms with van der Waals surface area (Å²) in [7, 11) is -2.99. The van der Waals surface area contributed by atoms with E-state index in [2.05, 4.69) is 20.3 Å². The molecule has 1 saturated heterocycles. The first-order chi connectivity index (χ1) is 26.3. The number of amides is 4. The molecule has 14 nitrogen and oxygen atoms in total. The van der Waals surface area contributed by atoms with E-state index in [9.17, 15) is 36.4 Å². The molecule has 2 saturated carbocycles. The number of nitrogens with one attached hydrogen (secondary N) is 3. The van der Waals surface area contributed by atoms with Crippen LogP contribution in [0, 0.1) is 23.6 Å². The Kier molecular flexibility index (Phi) is 11.3. The minimum Gasteiger partial charge on any atom is -0.494 e. The van der Waals surface area contributed by atoms with Crippen LogP contribution >= 0.6 is 0 Å². The van der Waals surface area contributed by atoms with Crippen molar-refractivity contribution in [3.8, 4) is 11.6 Å². The number of hydrogen-bond acceptors (Lipinski definition) is 10. The highest BCUT2D eigenvalue weighted by Crippen LogP contribution is 2.48. The van der Waals surface area contributed by atoms with Crippen LogP contribution in [0.4, 0.5) is 13.6 Å². The number of pyridine rings is 1. The van der Waals surface area contributed by atoms with Crippen molar-refractivity contribution >= 4 is 44.6 Å². The van der Waals surface area contributed by atoms with Crippen LogP contribution < -0.4 is 24.8 Å². The standard InChI is InChI=1S/C39H51F2N5O9S/c1-22-9-7-8-10-24-18-39(24,35(49)45-56(51,52)38(21-40)13-14-38)44-32(47)29-17-26(54-33-27-12-11-25(41)16-28(27)30(53-6)19-42-33)20-46(29)34(48)31(23(2)15-22)43-36(50)55-37(3,4)5/h8,10-12,16,19,22-24,26,29,31H,7,9,13-15,17-18,20-21H2,1-6H3,(H,43,50)(H,44,47)(H,45,49)/b10-8-/t22-,23+,24+,26+,29-,31-,39+/m0/s1. The van der Waals surface area contributed by atoms with Gasteiger partial charge in [-0.2, -0.15) is 0 Å². The second-order valence-electron chi connectivity index (χ2n) is 16.8. The van der Waals surface area contributed by atoms with Crippen molar-refractivity contribution in [2.75, 3.05) is 20.3 Å². The van der Waals surface area contributed by atoms with Crippen LogP contribution in [-0.4, -0.2) is 96.5 Å². The number of rotatable bonds is 8. The van der Waals surface area contributed by atoms with Crippen LogP contribution in [0.3, 0.4) is 0 Å². The van der Waals surface area contributed by atoms with E-state index >= 15 is 0 Å². The number of aromatic nitrogens is 1. The van der Waals surface area contributed by atoms with Gasteiger partial charge >= 0.3 is 6.09 Å². The predicted octanol–water partition coefficient (Wildman–Crippen LogP) is 4.46. The second-order valence-corrected chi connectivity index (χ2v) is 18.9. The molecule has 6 rings (SSSR count). The minimum absolute atomic E-state index is 0.0672. The molecule has 0 unspecified atom stereocenters. The molecule has 1 aromatic heterocycles. The number of halogens is 2. The highest BCUT2D eigenvalue weighted by atomic mass is 32.2. The van der Waals surface area contributed by atoms with Crippen molar-refractivity contribution in [2.24, 2.45) is 17.8 Å². The SMILES string of the molecule is COc1cnc(O[C@@H]2C[C@H]3C(=O)N[C@]4(C(=O)NS(=O)(=O)C5(CF)CC5)C[C@H]4/C=C\CC[C@H](C)C[C@@H](C)[C@H](NC(=O)OC(C)(C)C)C(=O)N3C2)c2ccc(F)cc12. The lowest BCUT2D eigenvalue weighted by Gasteiger charge is -2.33. The first-order valence-electron chi connectivity index (χ1n) is 19.0. The number of hydrogen-bond donors (Lipinski definition) is 3. The van der Waals surface area contributed by atoms with Gasteiger partial charge in [0.15, 0.2) is 0 Å². The summed E-state index contributed by atoms with van der Waals surface area (Å²) >= 11 is 0. The topological polar surface area (TPSA) is 182 Å². The van der Waals surface area contributed by atoms with Crippen molar-refractivity contribution in [2.45, 2.75) is 114 Å². The Hall–Kier alpha value is -4.54. The highest BCUT2D eigenvalue weighted by Gasteiger charge is 2.64. The number of sulfonamides is 1. The van der Waals surface area contributed by atoms with E-state index in [-0.39, 0.29) is 44.0 Å². The molecule has 7 atom stereocenters. The van der Waals surface area contributed by atoms with Gasteiger partial charge in [0.25, 0.3) is 5.91 Å². The number of alkyl halides is 1. The number of nitrogens with zero attached hydrogens (tertiary/aromatic N) is 2. The number of carbonyl (C=O) groups excluding carboxylic acids is 4. The van der Waals surface area contributed by atoms with Crippen LogP contribution in [0.1, 0.15) is 79.6 Å².